The Labute approximate surface area is 94.0 Å². The number of nitrogens with zero attached hydrogens (tertiary/aromatic N) is 3. The zero-order valence-electron chi connectivity index (χ0n) is 9.23. The van der Waals surface area contributed by atoms with E-state index in [1.54, 1.807) is 19.4 Å². The van der Waals surface area contributed by atoms with Gasteiger partial charge in [-0.05, 0) is 12.1 Å². The summed E-state index contributed by atoms with van der Waals surface area (Å²) < 4.78 is 0. The number of pyridine rings is 1. The van der Waals surface area contributed by atoms with Crippen molar-refractivity contribution >= 4 is 11.8 Å². The second kappa shape index (κ2) is 4.57. The van der Waals surface area contributed by atoms with Crippen LogP contribution in [0.2, 0.25) is 0 Å². The molecule has 0 aliphatic carbocycles. The van der Waals surface area contributed by atoms with Gasteiger partial charge in [-0.3, -0.25) is 4.98 Å². The number of rotatable bonds is 3. The Balaban J connectivity index is 2.48. The fourth-order valence-corrected chi connectivity index (χ4v) is 1.36. The highest BCUT2D eigenvalue weighted by molar-refractivity contribution is 5.63. The zero-order chi connectivity index (χ0) is 11.4. The van der Waals surface area contributed by atoms with Crippen molar-refractivity contribution in [1.29, 1.82) is 0 Å². The van der Waals surface area contributed by atoms with E-state index in [-0.39, 0.29) is 0 Å². The van der Waals surface area contributed by atoms with Gasteiger partial charge in [0.2, 0.25) is 5.95 Å². The Morgan fingerprint density at radius 3 is 2.38 bits per heavy atom. The molecule has 0 bridgehead atoms. The smallest absolute Gasteiger partial charge is 0.224 e. The minimum atomic E-state index is 0.596. The van der Waals surface area contributed by atoms with Crippen molar-refractivity contribution in [3.8, 4) is 11.3 Å². The van der Waals surface area contributed by atoms with Gasteiger partial charge in [-0.1, -0.05) is 0 Å². The van der Waals surface area contributed by atoms with Crippen LogP contribution in [-0.2, 0) is 0 Å². The van der Waals surface area contributed by atoms with Crippen molar-refractivity contribution in [3.63, 3.8) is 0 Å². The summed E-state index contributed by atoms with van der Waals surface area (Å²) in [4.78, 5) is 12.6. The van der Waals surface area contributed by atoms with Crippen molar-refractivity contribution < 1.29 is 0 Å². The summed E-state index contributed by atoms with van der Waals surface area (Å²) in [6, 6.07) is 5.73. The average Bonchev–Trinajstić information content (AvgIpc) is 2.39. The van der Waals surface area contributed by atoms with E-state index in [1.165, 1.54) is 0 Å². The van der Waals surface area contributed by atoms with Gasteiger partial charge in [0.15, 0.2) is 0 Å². The summed E-state index contributed by atoms with van der Waals surface area (Å²) in [6.07, 6.45) is 3.49. The van der Waals surface area contributed by atoms with Gasteiger partial charge in [0.05, 0.1) is 5.69 Å². The molecule has 0 saturated carbocycles. The largest absolute Gasteiger partial charge is 0.373 e. The Kier molecular flexibility index (Phi) is 2.95. The third-order valence-corrected chi connectivity index (χ3v) is 2.18. The van der Waals surface area contributed by atoms with Gasteiger partial charge in [0.25, 0.3) is 0 Å². The molecule has 2 aromatic rings. The van der Waals surface area contributed by atoms with Crippen LogP contribution in [0.25, 0.3) is 11.3 Å². The van der Waals surface area contributed by atoms with Crippen molar-refractivity contribution in [2.45, 2.75) is 0 Å². The van der Waals surface area contributed by atoms with Crippen molar-refractivity contribution in [1.82, 2.24) is 15.0 Å². The highest BCUT2D eigenvalue weighted by atomic mass is 15.1. The first-order valence-corrected chi connectivity index (χ1v) is 4.98. The summed E-state index contributed by atoms with van der Waals surface area (Å²) in [6.45, 7) is 0. The second-order valence-corrected chi connectivity index (χ2v) is 3.20. The molecule has 0 saturated heterocycles. The molecule has 2 aromatic heterocycles. The minimum Gasteiger partial charge on any atom is -0.373 e. The summed E-state index contributed by atoms with van der Waals surface area (Å²) in [5, 5.41) is 5.94. The molecule has 2 heterocycles. The first-order chi connectivity index (χ1) is 7.83. The van der Waals surface area contributed by atoms with E-state index in [9.17, 15) is 0 Å². The molecule has 0 fully saturated rings. The first kappa shape index (κ1) is 10.4. The molecule has 0 aliphatic rings. The summed E-state index contributed by atoms with van der Waals surface area (Å²) in [5.41, 5.74) is 1.89. The molecule has 0 atom stereocenters. The molecule has 5 nitrogen and oxygen atoms in total. The third kappa shape index (κ3) is 2.08. The standard InChI is InChI=1S/C11H13N5/c1-12-10-7-9(15-11(13-2)16-10)8-3-5-14-6-4-8/h3-7H,1-2H3,(H2,12,13,15,16). The first-order valence-electron chi connectivity index (χ1n) is 4.98. The Morgan fingerprint density at radius 1 is 1.00 bits per heavy atom. The normalized spacial score (nSPS) is 9.88. The summed E-state index contributed by atoms with van der Waals surface area (Å²) in [7, 11) is 3.63. The number of hydrogen-bond acceptors (Lipinski definition) is 5. The average molecular weight is 215 g/mol. The fourth-order valence-electron chi connectivity index (χ4n) is 1.36. The maximum absolute atomic E-state index is 4.38. The Bertz CT molecular complexity index is 447. The predicted octanol–water partition coefficient (Wildman–Crippen LogP) is 1.62. The van der Waals surface area contributed by atoms with Crippen molar-refractivity contribution in [3.05, 3.63) is 30.6 Å². The molecule has 5 heteroatoms. The number of nitrogens with one attached hydrogen (secondary N) is 2. The van der Waals surface area contributed by atoms with Crippen LogP contribution < -0.4 is 10.6 Å². The van der Waals surface area contributed by atoms with Crippen LogP contribution in [0, 0.1) is 0 Å². The lowest BCUT2D eigenvalue weighted by molar-refractivity contribution is 1.15. The molecule has 0 spiro atoms. The predicted molar refractivity (Wildman–Crippen MR) is 64.4 cm³/mol. The van der Waals surface area contributed by atoms with E-state index in [2.05, 4.69) is 25.6 Å². The van der Waals surface area contributed by atoms with Gasteiger partial charge < -0.3 is 10.6 Å². The number of hydrogen-bond donors (Lipinski definition) is 2. The van der Waals surface area contributed by atoms with Gasteiger partial charge in [0.1, 0.15) is 5.82 Å². The maximum atomic E-state index is 4.38. The van der Waals surface area contributed by atoms with E-state index < -0.39 is 0 Å². The molecule has 2 rings (SSSR count). The Morgan fingerprint density at radius 2 is 1.75 bits per heavy atom. The van der Waals surface area contributed by atoms with E-state index in [4.69, 9.17) is 0 Å². The van der Waals surface area contributed by atoms with Crippen molar-refractivity contribution in [2.24, 2.45) is 0 Å². The quantitative estimate of drug-likeness (QED) is 0.814. The SMILES string of the molecule is CNc1cc(-c2ccncc2)nc(NC)n1. The highest BCUT2D eigenvalue weighted by Crippen LogP contribution is 2.20. The number of aromatic nitrogens is 3. The van der Waals surface area contributed by atoms with Gasteiger partial charge in [0, 0.05) is 38.1 Å². The van der Waals surface area contributed by atoms with Crippen LogP contribution >= 0.6 is 0 Å². The lowest BCUT2D eigenvalue weighted by atomic mass is 10.2. The topological polar surface area (TPSA) is 62.7 Å². The molecule has 0 unspecified atom stereocenters. The van der Waals surface area contributed by atoms with Crippen molar-refractivity contribution in [2.75, 3.05) is 24.7 Å². The second-order valence-electron chi connectivity index (χ2n) is 3.20. The molecular formula is C11H13N5. The van der Waals surface area contributed by atoms with E-state index in [1.807, 2.05) is 25.2 Å². The lowest BCUT2D eigenvalue weighted by Crippen LogP contribution is -2.01. The summed E-state index contributed by atoms with van der Waals surface area (Å²) >= 11 is 0. The molecule has 0 aliphatic heterocycles. The lowest BCUT2D eigenvalue weighted by Gasteiger charge is -2.06. The van der Waals surface area contributed by atoms with Gasteiger partial charge >= 0.3 is 0 Å². The van der Waals surface area contributed by atoms with E-state index in [0.717, 1.165) is 17.1 Å². The Hall–Kier alpha value is -2.17. The van der Waals surface area contributed by atoms with Crippen LogP contribution in [0.1, 0.15) is 0 Å². The highest BCUT2D eigenvalue weighted by Gasteiger charge is 2.04. The van der Waals surface area contributed by atoms with Crippen LogP contribution in [0.4, 0.5) is 11.8 Å². The van der Waals surface area contributed by atoms with Gasteiger partial charge in [-0.2, -0.15) is 4.98 Å². The van der Waals surface area contributed by atoms with E-state index in [0.29, 0.717) is 5.95 Å². The van der Waals surface area contributed by atoms with Gasteiger partial charge in [-0.25, -0.2) is 4.98 Å². The number of anilines is 2. The van der Waals surface area contributed by atoms with Gasteiger partial charge in [-0.15, -0.1) is 0 Å². The molecule has 0 radical (unpaired) electrons. The van der Waals surface area contributed by atoms with Crippen LogP contribution in [0.3, 0.4) is 0 Å². The third-order valence-electron chi connectivity index (χ3n) is 2.18. The molecule has 82 valence electrons. The minimum absolute atomic E-state index is 0.596. The fraction of sp³-hybridized carbons (Fsp3) is 0.182. The molecule has 16 heavy (non-hydrogen) atoms. The van der Waals surface area contributed by atoms with Crippen LogP contribution in [0.15, 0.2) is 30.6 Å². The molecule has 0 amide bonds. The van der Waals surface area contributed by atoms with Crippen LogP contribution in [0.5, 0.6) is 0 Å². The molecule has 0 aromatic carbocycles. The summed E-state index contributed by atoms with van der Waals surface area (Å²) in [5.74, 6) is 1.38. The van der Waals surface area contributed by atoms with E-state index >= 15 is 0 Å². The maximum Gasteiger partial charge on any atom is 0.224 e. The zero-order valence-corrected chi connectivity index (χ0v) is 9.23. The molecular weight excluding hydrogens is 202 g/mol. The monoisotopic (exact) mass is 215 g/mol. The van der Waals surface area contributed by atoms with Crippen LogP contribution in [-0.4, -0.2) is 29.0 Å². The molecule has 2 N–H and O–H groups in total.